The standard InChI is InChI=1S/C24H23ClN6/c1-31-11-9-18(14-31)28-24-23(26)29-21(15-6-3-2-4-7-15)22(30-24)17-12-16-8-5-10-27-20(16)19(25)13-17/h2-8,10,12-13,18H,9,11,14H2,1H3,(H2,26,29)(H,28,30). The van der Waals surface area contributed by atoms with E-state index >= 15 is 0 Å². The van der Waals surface area contributed by atoms with Gasteiger partial charge in [0.1, 0.15) is 0 Å². The number of likely N-dealkylation sites (N-methyl/N-ethyl adjacent to an activating group) is 1. The molecule has 3 N–H and O–H groups in total. The van der Waals surface area contributed by atoms with Crippen LogP contribution in [0.2, 0.25) is 5.02 Å². The van der Waals surface area contributed by atoms with Crippen molar-refractivity contribution in [1.29, 1.82) is 0 Å². The van der Waals surface area contributed by atoms with Crippen molar-refractivity contribution in [3.63, 3.8) is 0 Å². The first-order chi connectivity index (χ1) is 15.1. The Morgan fingerprint density at radius 1 is 1.03 bits per heavy atom. The third kappa shape index (κ3) is 3.92. The average Bonchev–Trinajstić information content (AvgIpc) is 3.20. The molecule has 1 aliphatic heterocycles. The summed E-state index contributed by atoms with van der Waals surface area (Å²) in [5.41, 5.74) is 10.4. The minimum atomic E-state index is 0.293. The molecule has 0 bridgehead atoms. The topological polar surface area (TPSA) is 80.0 Å². The molecule has 0 saturated carbocycles. The van der Waals surface area contributed by atoms with Crippen LogP contribution in [0.5, 0.6) is 0 Å². The molecule has 1 saturated heterocycles. The highest BCUT2D eigenvalue weighted by Gasteiger charge is 2.22. The van der Waals surface area contributed by atoms with Crippen molar-refractivity contribution in [1.82, 2.24) is 19.9 Å². The lowest BCUT2D eigenvalue weighted by molar-refractivity contribution is 0.414. The summed E-state index contributed by atoms with van der Waals surface area (Å²) in [7, 11) is 2.12. The predicted molar refractivity (Wildman–Crippen MR) is 127 cm³/mol. The van der Waals surface area contributed by atoms with Crippen molar-refractivity contribution in [2.75, 3.05) is 31.2 Å². The molecule has 3 heterocycles. The second kappa shape index (κ2) is 8.13. The first-order valence-corrected chi connectivity index (χ1v) is 10.7. The smallest absolute Gasteiger partial charge is 0.169 e. The lowest BCUT2D eigenvalue weighted by Crippen LogP contribution is -2.25. The van der Waals surface area contributed by atoms with Crippen LogP contribution in [0.3, 0.4) is 0 Å². The fourth-order valence-electron chi connectivity index (χ4n) is 4.08. The molecule has 1 fully saturated rings. The number of nitrogens with one attached hydrogen (secondary N) is 1. The maximum absolute atomic E-state index is 6.58. The summed E-state index contributed by atoms with van der Waals surface area (Å²) in [4.78, 5) is 16.4. The van der Waals surface area contributed by atoms with Gasteiger partial charge in [0, 0.05) is 35.3 Å². The number of hydrogen-bond acceptors (Lipinski definition) is 6. The molecule has 0 radical (unpaired) electrons. The normalized spacial score (nSPS) is 16.6. The van der Waals surface area contributed by atoms with Crippen LogP contribution in [0.1, 0.15) is 6.42 Å². The molecule has 1 unspecified atom stereocenters. The van der Waals surface area contributed by atoms with Gasteiger partial charge in [-0.3, -0.25) is 4.98 Å². The van der Waals surface area contributed by atoms with E-state index in [2.05, 4.69) is 22.2 Å². The molecule has 2 aromatic heterocycles. The van der Waals surface area contributed by atoms with Crippen LogP contribution < -0.4 is 11.1 Å². The van der Waals surface area contributed by atoms with Crippen LogP contribution >= 0.6 is 11.6 Å². The van der Waals surface area contributed by atoms with E-state index in [1.165, 1.54) is 0 Å². The zero-order valence-electron chi connectivity index (χ0n) is 17.2. The van der Waals surface area contributed by atoms with Crippen molar-refractivity contribution in [2.45, 2.75) is 12.5 Å². The molecular weight excluding hydrogens is 408 g/mol. The van der Waals surface area contributed by atoms with Gasteiger partial charge in [0.05, 0.1) is 21.9 Å². The molecule has 4 aromatic rings. The van der Waals surface area contributed by atoms with E-state index < -0.39 is 0 Å². The van der Waals surface area contributed by atoms with Crippen LogP contribution in [0.15, 0.2) is 60.8 Å². The summed E-state index contributed by atoms with van der Waals surface area (Å²) in [6.07, 6.45) is 2.79. The Labute approximate surface area is 186 Å². The molecular formula is C24H23ClN6. The number of fused-ring (bicyclic) bond motifs is 1. The SMILES string of the molecule is CN1CCC(Nc2nc(-c3cc(Cl)c4ncccc4c3)c(-c3ccccc3)nc2N)C1. The number of aromatic nitrogens is 3. The number of likely N-dealkylation sites (tertiary alicyclic amines) is 1. The molecule has 156 valence electrons. The minimum Gasteiger partial charge on any atom is -0.381 e. The van der Waals surface area contributed by atoms with Gasteiger partial charge in [0.2, 0.25) is 0 Å². The largest absolute Gasteiger partial charge is 0.381 e. The summed E-state index contributed by atoms with van der Waals surface area (Å²) in [5, 5.41) is 5.03. The zero-order valence-corrected chi connectivity index (χ0v) is 18.0. The fraction of sp³-hybridized carbons (Fsp3) is 0.208. The highest BCUT2D eigenvalue weighted by molar-refractivity contribution is 6.35. The molecule has 0 aliphatic carbocycles. The van der Waals surface area contributed by atoms with Gasteiger partial charge in [0.15, 0.2) is 11.6 Å². The van der Waals surface area contributed by atoms with E-state index in [1.54, 1.807) is 6.20 Å². The van der Waals surface area contributed by atoms with E-state index in [1.807, 2.05) is 54.6 Å². The summed E-state index contributed by atoms with van der Waals surface area (Å²) < 4.78 is 0. The van der Waals surface area contributed by atoms with E-state index in [-0.39, 0.29) is 0 Å². The predicted octanol–water partition coefficient (Wildman–Crippen LogP) is 4.71. The van der Waals surface area contributed by atoms with Gasteiger partial charge in [-0.2, -0.15) is 0 Å². The number of hydrogen-bond donors (Lipinski definition) is 2. The summed E-state index contributed by atoms with van der Waals surface area (Å²) in [6.45, 7) is 2.00. The number of nitrogens with zero attached hydrogens (tertiary/aromatic N) is 4. The van der Waals surface area contributed by atoms with Crippen molar-refractivity contribution < 1.29 is 0 Å². The number of rotatable bonds is 4. The molecule has 6 nitrogen and oxygen atoms in total. The summed E-state index contributed by atoms with van der Waals surface area (Å²) >= 11 is 6.58. The monoisotopic (exact) mass is 430 g/mol. The highest BCUT2D eigenvalue weighted by Crippen LogP contribution is 2.36. The van der Waals surface area contributed by atoms with Gasteiger partial charge in [-0.1, -0.05) is 48.0 Å². The van der Waals surface area contributed by atoms with Gasteiger partial charge in [-0.05, 0) is 38.2 Å². The number of nitrogens with two attached hydrogens (primary N) is 1. The number of nitrogen functional groups attached to an aromatic ring is 1. The summed E-state index contributed by atoms with van der Waals surface area (Å²) in [6, 6.07) is 18.1. The van der Waals surface area contributed by atoms with E-state index in [9.17, 15) is 0 Å². The third-order valence-electron chi connectivity index (χ3n) is 5.63. The third-order valence-corrected chi connectivity index (χ3v) is 5.92. The second-order valence-electron chi connectivity index (χ2n) is 7.95. The number of benzene rings is 2. The van der Waals surface area contributed by atoms with Crippen LogP contribution in [0, 0.1) is 0 Å². The Bertz CT molecular complexity index is 1240. The molecule has 5 rings (SSSR count). The first-order valence-electron chi connectivity index (χ1n) is 10.3. The van der Waals surface area contributed by atoms with E-state index in [0.29, 0.717) is 22.7 Å². The molecule has 1 atom stereocenters. The maximum atomic E-state index is 6.58. The Morgan fingerprint density at radius 2 is 1.84 bits per heavy atom. The zero-order chi connectivity index (χ0) is 21.4. The highest BCUT2D eigenvalue weighted by atomic mass is 35.5. The van der Waals surface area contributed by atoms with Crippen LogP contribution in [-0.2, 0) is 0 Å². The van der Waals surface area contributed by atoms with Gasteiger partial charge < -0.3 is 16.0 Å². The van der Waals surface area contributed by atoms with Crippen LogP contribution in [0.4, 0.5) is 11.6 Å². The van der Waals surface area contributed by atoms with Gasteiger partial charge >= 0.3 is 0 Å². The molecule has 7 heteroatoms. The van der Waals surface area contributed by atoms with Gasteiger partial charge in [-0.15, -0.1) is 0 Å². The molecule has 0 amide bonds. The second-order valence-corrected chi connectivity index (χ2v) is 8.35. The van der Waals surface area contributed by atoms with Crippen molar-refractivity contribution in [3.05, 3.63) is 65.8 Å². The fourth-order valence-corrected chi connectivity index (χ4v) is 4.36. The number of pyridine rings is 1. The van der Waals surface area contributed by atoms with E-state index in [0.717, 1.165) is 52.9 Å². The Kier molecular flexibility index (Phi) is 5.18. The molecule has 31 heavy (non-hydrogen) atoms. The van der Waals surface area contributed by atoms with Crippen molar-refractivity contribution >= 4 is 34.1 Å². The Hall–Kier alpha value is -3.22. The summed E-state index contributed by atoms with van der Waals surface area (Å²) in [5.74, 6) is 1.00. The van der Waals surface area contributed by atoms with Crippen LogP contribution in [0.25, 0.3) is 33.4 Å². The Balaban J connectivity index is 1.67. The van der Waals surface area contributed by atoms with Gasteiger partial charge in [-0.25, -0.2) is 9.97 Å². The maximum Gasteiger partial charge on any atom is 0.169 e. The number of anilines is 2. The van der Waals surface area contributed by atoms with Crippen LogP contribution in [-0.4, -0.2) is 46.0 Å². The number of halogens is 1. The quantitative estimate of drug-likeness (QED) is 0.488. The van der Waals surface area contributed by atoms with Crippen molar-refractivity contribution in [3.8, 4) is 22.5 Å². The van der Waals surface area contributed by atoms with Crippen molar-refractivity contribution in [2.24, 2.45) is 0 Å². The first kappa shape index (κ1) is 19.7. The van der Waals surface area contributed by atoms with Gasteiger partial charge in [0.25, 0.3) is 0 Å². The molecule has 1 aliphatic rings. The molecule has 0 spiro atoms. The lowest BCUT2D eigenvalue weighted by atomic mass is 10.0. The Morgan fingerprint density at radius 3 is 2.61 bits per heavy atom. The average molecular weight is 431 g/mol. The molecule has 2 aromatic carbocycles. The van der Waals surface area contributed by atoms with E-state index in [4.69, 9.17) is 27.3 Å². The minimum absolute atomic E-state index is 0.293. The lowest BCUT2D eigenvalue weighted by Gasteiger charge is -2.18.